The standard InChI is InChI=1S/C13H19FN2O/c1-3-4-10(8-15)13(17)16-11-6-5-9(2)12(14)7-11/h5-7,10H,3-4,8,15H2,1-2H3,(H,16,17). The fraction of sp³-hybridized carbons (Fsp3) is 0.462. The highest BCUT2D eigenvalue weighted by molar-refractivity contribution is 5.92. The number of carbonyl (C=O) groups excluding carboxylic acids is 1. The molecule has 0 saturated carbocycles. The number of rotatable bonds is 5. The van der Waals surface area contributed by atoms with Crippen molar-refractivity contribution in [3.8, 4) is 0 Å². The molecule has 1 amide bonds. The zero-order chi connectivity index (χ0) is 12.8. The van der Waals surface area contributed by atoms with E-state index in [1.165, 1.54) is 6.07 Å². The van der Waals surface area contributed by atoms with Crippen LogP contribution >= 0.6 is 0 Å². The van der Waals surface area contributed by atoms with Crippen molar-refractivity contribution >= 4 is 11.6 Å². The Hall–Kier alpha value is -1.42. The molecule has 0 bridgehead atoms. The number of anilines is 1. The molecule has 1 rings (SSSR count). The number of halogens is 1. The summed E-state index contributed by atoms with van der Waals surface area (Å²) in [4.78, 5) is 11.8. The number of benzene rings is 1. The third kappa shape index (κ3) is 3.82. The summed E-state index contributed by atoms with van der Waals surface area (Å²) in [5.74, 6) is -0.662. The van der Waals surface area contributed by atoms with Gasteiger partial charge < -0.3 is 11.1 Å². The quantitative estimate of drug-likeness (QED) is 0.827. The van der Waals surface area contributed by atoms with Crippen molar-refractivity contribution in [2.75, 3.05) is 11.9 Å². The van der Waals surface area contributed by atoms with Crippen LogP contribution in [0.5, 0.6) is 0 Å². The first-order valence-electron chi connectivity index (χ1n) is 5.85. The first kappa shape index (κ1) is 13.6. The SMILES string of the molecule is CCCC(CN)C(=O)Nc1ccc(C)c(F)c1. The van der Waals surface area contributed by atoms with Gasteiger partial charge in [0.05, 0.1) is 5.92 Å². The van der Waals surface area contributed by atoms with Gasteiger partial charge in [-0.3, -0.25) is 4.79 Å². The van der Waals surface area contributed by atoms with Gasteiger partial charge in [0.25, 0.3) is 0 Å². The Morgan fingerprint density at radius 2 is 2.24 bits per heavy atom. The van der Waals surface area contributed by atoms with Gasteiger partial charge >= 0.3 is 0 Å². The molecule has 0 aliphatic rings. The van der Waals surface area contributed by atoms with Gasteiger partial charge in [-0.1, -0.05) is 19.4 Å². The summed E-state index contributed by atoms with van der Waals surface area (Å²) >= 11 is 0. The second-order valence-electron chi connectivity index (χ2n) is 4.17. The van der Waals surface area contributed by atoms with E-state index in [2.05, 4.69) is 5.32 Å². The Balaban J connectivity index is 2.69. The van der Waals surface area contributed by atoms with E-state index in [1.54, 1.807) is 19.1 Å². The van der Waals surface area contributed by atoms with Crippen LogP contribution in [0.15, 0.2) is 18.2 Å². The Labute approximate surface area is 101 Å². The Bertz CT molecular complexity index is 393. The molecule has 94 valence electrons. The third-order valence-electron chi connectivity index (χ3n) is 2.73. The lowest BCUT2D eigenvalue weighted by atomic mass is 10.0. The number of hydrogen-bond acceptors (Lipinski definition) is 2. The summed E-state index contributed by atoms with van der Waals surface area (Å²) in [5.41, 5.74) is 6.57. The highest BCUT2D eigenvalue weighted by Gasteiger charge is 2.15. The summed E-state index contributed by atoms with van der Waals surface area (Å²) in [6.45, 7) is 4.00. The maximum Gasteiger partial charge on any atom is 0.228 e. The monoisotopic (exact) mass is 238 g/mol. The molecule has 0 fully saturated rings. The van der Waals surface area contributed by atoms with E-state index in [1.807, 2.05) is 6.92 Å². The minimum absolute atomic E-state index is 0.141. The smallest absolute Gasteiger partial charge is 0.228 e. The minimum Gasteiger partial charge on any atom is -0.330 e. The molecule has 1 aromatic rings. The Morgan fingerprint density at radius 3 is 2.76 bits per heavy atom. The van der Waals surface area contributed by atoms with Crippen molar-refractivity contribution in [1.29, 1.82) is 0 Å². The summed E-state index contributed by atoms with van der Waals surface area (Å²) in [6, 6.07) is 4.66. The van der Waals surface area contributed by atoms with Crippen LogP contribution < -0.4 is 11.1 Å². The number of carbonyl (C=O) groups is 1. The number of amides is 1. The van der Waals surface area contributed by atoms with Gasteiger partial charge in [-0.05, 0) is 31.0 Å². The summed E-state index contributed by atoms with van der Waals surface area (Å²) in [5, 5.41) is 2.69. The Kier molecular flexibility index (Phi) is 5.10. The maximum absolute atomic E-state index is 13.3. The first-order chi connectivity index (χ1) is 8.08. The molecule has 0 aliphatic carbocycles. The van der Waals surface area contributed by atoms with Crippen LogP contribution in [-0.2, 0) is 4.79 Å². The second-order valence-corrected chi connectivity index (χ2v) is 4.17. The molecule has 0 saturated heterocycles. The predicted octanol–water partition coefficient (Wildman–Crippen LogP) is 2.45. The molecule has 0 radical (unpaired) electrons. The maximum atomic E-state index is 13.3. The normalized spacial score (nSPS) is 12.2. The zero-order valence-electron chi connectivity index (χ0n) is 10.3. The lowest BCUT2D eigenvalue weighted by Crippen LogP contribution is -2.29. The fourth-order valence-electron chi connectivity index (χ4n) is 1.62. The minimum atomic E-state index is -0.317. The van der Waals surface area contributed by atoms with E-state index in [4.69, 9.17) is 5.73 Å². The largest absolute Gasteiger partial charge is 0.330 e. The Morgan fingerprint density at radius 1 is 1.53 bits per heavy atom. The average Bonchev–Trinajstić information content (AvgIpc) is 2.30. The highest BCUT2D eigenvalue weighted by Crippen LogP contribution is 2.15. The van der Waals surface area contributed by atoms with Crippen LogP contribution in [0.2, 0.25) is 0 Å². The van der Waals surface area contributed by atoms with Crippen LogP contribution in [0.1, 0.15) is 25.3 Å². The average molecular weight is 238 g/mol. The molecule has 0 aliphatic heterocycles. The molecule has 4 heteroatoms. The topological polar surface area (TPSA) is 55.1 Å². The molecule has 0 spiro atoms. The van der Waals surface area contributed by atoms with Crippen molar-refractivity contribution < 1.29 is 9.18 Å². The summed E-state index contributed by atoms with van der Waals surface area (Å²) in [6.07, 6.45) is 1.65. The van der Waals surface area contributed by atoms with Crippen molar-refractivity contribution in [3.05, 3.63) is 29.6 Å². The number of hydrogen-bond donors (Lipinski definition) is 2. The molecule has 1 aromatic carbocycles. The predicted molar refractivity (Wildman–Crippen MR) is 67.2 cm³/mol. The number of aryl methyl sites for hydroxylation is 1. The van der Waals surface area contributed by atoms with E-state index in [0.29, 0.717) is 17.8 Å². The first-order valence-corrected chi connectivity index (χ1v) is 5.85. The molecular formula is C13H19FN2O. The van der Waals surface area contributed by atoms with Crippen LogP contribution in [0.4, 0.5) is 10.1 Å². The second kappa shape index (κ2) is 6.35. The van der Waals surface area contributed by atoms with Crippen molar-refractivity contribution in [1.82, 2.24) is 0 Å². The lowest BCUT2D eigenvalue weighted by molar-refractivity contribution is -0.119. The van der Waals surface area contributed by atoms with Crippen LogP contribution in [0.25, 0.3) is 0 Å². The zero-order valence-corrected chi connectivity index (χ0v) is 10.3. The summed E-state index contributed by atoms with van der Waals surface area (Å²) in [7, 11) is 0. The highest BCUT2D eigenvalue weighted by atomic mass is 19.1. The summed E-state index contributed by atoms with van der Waals surface area (Å²) < 4.78 is 13.3. The lowest BCUT2D eigenvalue weighted by Gasteiger charge is -2.14. The van der Waals surface area contributed by atoms with Gasteiger partial charge in [0.1, 0.15) is 5.82 Å². The fourth-order valence-corrected chi connectivity index (χ4v) is 1.62. The molecule has 0 heterocycles. The molecular weight excluding hydrogens is 219 g/mol. The van der Waals surface area contributed by atoms with E-state index >= 15 is 0 Å². The molecule has 1 unspecified atom stereocenters. The van der Waals surface area contributed by atoms with E-state index in [0.717, 1.165) is 12.8 Å². The molecule has 3 N–H and O–H groups in total. The molecule has 17 heavy (non-hydrogen) atoms. The van der Waals surface area contributed by atoms with Crippen LogP contribution in [0, 0.1) is 18.7 Å². The van der Waals surface area contributed by atoms with Gasteiger partial charge in [-0.15, -0.1) is 0 Å². The molecule has 3 nitrogen and oxygen atoms in total. The van der Waals surface area contributed by atoms with Crippen molar-refractivity contribution in [2.45, 2.75) is 26.7 Å². The number of nitrogens with two attached hydrogens (primary N) is 1. The van der Waals surface area contributed by atoms with E-state index in [-0.39, 0.29) is 17.6 Å². The van der Waals surface area contributed by atoms with Gasteiger partial charge in [0.2, 0.25) is 5.91 Å². The van der Waals surface area contributed by atoms with Crippen molar-refractivity contribution in [3.63, 3.8) is 0 Å². The van der Waals surface area contributed by atoms with Crippen molar-refractivity contribution in [2.24, 2.45) is 11.7 Å². The third-order valence-corrected chi connectivity index (χ3v) is 2.73. The number of nitrogens with one attached hydrogen (secondary N) is 1. The van der Waals surface area contributed by atoms with Gasteiger partial charge in [0.15, 0.2) is 0 Å². The van der Waals surface area contributed by atoms with Gasteiger partial charge in [-0.2, -0.15) is 0 Å². The van der Waals surface area contributed by atoms with E-state index < -0.39 is 0 Å². The van der Waals surface area contributed by atoms with Crippen LogP contribution in [0.3, 0.4) is 0 Å². The van der Waals surface area contributed by atoms with Gasteiger partial charge in [-0.25, -0.2) is 4.39 Å². The molecule has 1 atom stereocenters. The molecule has 0 aromatic heterocycles. The van der Waals surface area contributed by atoms with E-state index in [9.17, 15) is 9.18 Å². The van der Waals surface area contributed by atoms with Crippen LogP contribution in [-0.4, -0.2) is 12.5 Å². The van der Waals surface area contributed by atoms with Gasteiger partial charge in [0, 0.05) is 12.2 Å².